The monoisotopic (exact) mass is 247 g/mol. The minimum absolute atomic E-state index is 0.907. The van der Waals surface area contributed by atoms with Crippen molar-refractivity contribution in [2.45, 2.75) is 24.6 Å². The minimum atomic E-state index is 0.907. The molecule has 0 fully saturated rings. The van der Waals surface area contributed by atoms with Crippen LogP contribution in [0.1, 0.15) is 18.1 Å². The van der Waals surface area contributed by atoms with E-state index in [4.69, 9.17) is 0 Å². The van der Waals surface area contributed by atoms with Gasteiger partial charge < -0.3 is 5.32 Å². The van der Waals surface area contributed by atoms with E-state index in [-0.39, 0.29) is 0 Å². The molecule has 0 atom stereocenters. The van der Waals surface area contributed by atoms with Gasteiger partial charge in [0.25, 0.3) is 0 Å². The fraction of sp³-hybridized carbons (Fsp3) is 0.308. The molecule has 0 aliphatic heterocycles. The van der Waals surface area contributed by atoms with Crippen molar-refractivity contribution in [2.75, 3.05) is 11.9 Å². The number of hydrogen-bond acceptors (Lipinski definition) is 3. The zero-order valence-electron chi connectivity index (χ0n) is 10.2. The molecule has 0 amide bonds. The normalized spacial score (nSPS) is 10.5. The van der Waals surface area contributed by atoms with Crippen LogP contribution in [0.3, 0.4) is 0 Å². The Labute approximate surface area is 106 Å². The van der Waals surface area contributed by atoms with E-state index in [0.29, 0.717) is 0 Å². The van der Waals surface area contributed by atoms with Crippen LogP contribution in [0.5, 0.6) is 0 Å². The van der Waals surface area contributed by atoms with Crippen LogP contribution in [0.15, 0.2) is 35.4 Å². The zero-order chi connectivity index (χ0) is 12.1. The van der Waals surface area contributed by atoms with Gasteiger partial charge in [0.1, 0.15) is 10.8 Å². The summed E-state index contributed by atoms with van der Waals surface area (Å²) in [6, 6.07) is 10.7. The number of anilines is 1. The average molecular weight is 247 g/mol. The van der Waals surface area contributed by atoms with Crippen LogP contribution in [0, 0.1) is 6.92 Å². The molecule has 0 saturated carbocycles. The van der Waals surface area contributed by atoms with E-state index < -0.39 is 0 Å². The molecule has 0 aliphatic rings. The SMILES string of the molecule is CCNc1cc(SCc2ccc(C)cc2)n[nH]1. The Morgan fingerprint density at radius 1 is 1.29 bits per heavy atom. The Bertz CT molecular complexity index is 462. The van der Waals surface area contributed by atoms with E-state index in [9.17, 15) is 0 Å². The van der Waals surface area contributed by atoms with Gasteiger partial charge >= 0.3 is 0 Å². The number of nitrogens with zero attached hydrogens (tertiary/aromatic N) is 1. The number of H-pyrrole nitrogens is 1. The van der Waals surface area contributed by atoms with Crippen LogP contribution in [0.4, 0.5) is 5.82 Å². The third kappa shape index (κ3) is 3.53. The highest BCUT2D eigenvalue weighted by Crippen LogP contribution is 2.22. The van der Waals surface area contributed by atoms with Crippen LogP contribution in [-0.4, -0.2) is 16.7 Å². The van der Waals surface area contributed by atoms with Crippen LogP contribution >= 0.6 is 11.8 Å². The maximum atomic E-state index is 4.24. The van der Waals surface area contributed by atoms with Gasteiger partial charge in [-0.25, -0.2) is 0 Å². The second-order valence-corrected chi connectivity index (χ2v) is 4.92. The van der Waals surface area contributed by atoms with Gasteiger partial charge in [-0.1, -0.05) is 41.6 Å². The van der Waals surface area contributed by atoms with Crippen LogP contribution in [-0.2, 0) is 5.75 Å². The van der Waals surface area contributed by atoms with E-state index in [2.05, 4.69) is 53.6 Å². The van der Waals surface area contributed by atoms with Crippen molar-refractivity contribution in [3.05, 3.63) is 41.5 Å². The minimum Gasteiger partial charge on any atom is -0.371 e. The van der Waals surface area contributed by atoms with Crippen LogP contribution in [0.2, 0.25) is 0 Å². The summed E-state index contributed by atoms with van der Waals surface area (Å²) in [6.07, 6.45) is 0. The first-order valence-electron chi connectivity index (χ1n) is 5.75. The molecule has 1 heterocycles. The third-order valence-electron chi connectivity index (χ3n) is 2.43. The van der Waals surface area contributed by atoms with E-state index in [1.54, 1.807) is 11.8 Å². The number of benzene rings is 1. The van der Waals surface area contributed by atoms with Gasteiger partial charge in [0.2, 0.25) is 0 Å². The van der Waals surface area contributed by atoms with Crippen molar-refractivity contribution < 1.29 is 0 Å². The smallest absolute Gasteiger partial charge is 0.122 e. The fourth-order valence-electron chi connectivity index (χ4n) is 1.50. The first-order valence-corrected chi connectivity index (χ1v) is 6.74. The molecule has 0 saturated heterocycles. The first-order chi connectivity index (χ1) is 8.28. The quantitative estimate of drug-likeness (QED) is 0.795. The van der Waals surface area contributed by atoms with Gasteiger partial charge in [-0.3, -0.25) is 5.10 Å². The maximum absolute atomic E-state index is 4.24. The highest BCUT2D eigenvalue weighted by molar-refractivity contribution is 7.98. The lowest BCUT2D eigenvalue weighted by molar-refractivity contribution is 0.996. The second-order valence-electron chi connectivity index (χ2n) is 3.92. The number of hydrogen-bond donors (Lipinski definition) is 2. The molecule has 0 radical (unpaired) electrons. The number of aromatic amines is 1. The molecule has 2 N–H and O–H groups in total. The summed E-state index contributed by atoms with van der Waals surface area (Å²) in [4.78, 5) is 0. The summed E-state index contributed by atoms with van der Waals surface area (Å²) in [6.45, 7) is 5.08. The molecule has 0 aliphatic carbocycles. The standard InChI is InChI=1S/C13H17N3S/c1-3-14-12-8-13(16-15-12)17-9-11-6-4-10(2)5-7-11/h4-8H,3,9H2,1-2H3,(H2,14,15,16). The van der Waals surface area contributed by atoms with Gasteiger partial charge in [0, 0.05) is 18.4 Å². The molecular formula is C13H17N3S. The molecule has 2 rings (SSSR count). The zero-order valence-corrected chi connectivity index (χ0v) is 11.0. The van der Waals surface area contributed by atoms with Gasteiger partial charge in [-0.15, -0.1) is 0 Å². The van der Waals surface area contributed by atoms with E-state index in [1.165, 1.54) is 11.1 Å². The van der Waals surface area contributed by atoms with Crippen molar-refractivity contribution in [3.8, 4) is 0 Å². The van der Waals surface area contributed by atoms with Gasteiger partial charge in [-0.2, -0.15) is 5.10 Å². The predicted octanol–water partition coefficient (Wildman–Crippen LogP) is 3.44. The largest absolute Gasteiger partial charge is 0.371 e. The van der Waals surface area contributed by atoms with Crippen molar-refractivity contribution >= 4 is 17.6 Å². The Balaban J connectivity index is 1.90. The third-order valence-corrected chi connectivity index (χ3v) is 3.41. The first kappa shape index (κ1) is 12.0. The molecule has 0 spiro atoms. The summed E-state index contributed by atoms with van der Waals surface area (Å²) in [5, 5.41) is 11.4. The second kappa shape index (κ2) is 5.77. The summed E-state index contributed by atoms with van der Waals surface area (Å²) in [5.74, 6) is 1.94. The highest BCUT2D eigenvalue weighted by Gasteiger charge is 2.01. The lowest BCUT2D eigenvalue weighted by Crippen LogP contribution is -1.95. The Kier molecular flexibility index (Phi) is 4.09. The Morgan fingerprint density at radius 2 is 2.06 bits per heavy atom. The van der Waals surface area contributed by atoms with Gasteiger partial charge in [0.15, 0.2) is 0 Å². The summed E-state index contributed by atoms with van der Waals surface area (Å²) >= 11 is 1.74. The van der Waals surface area contributed by atoms with E-state index in [1.807, 2.05) is 6.07 Å². The predicted molar refractivity (Wildman–Crippen MR) is 73.5 cm³/mol. The molecule has 90 valence electrons. The van der Waals surface area contributed by atoms with Crippen molar-refractivity contribution in [3.63, 3.8) is 0 Å². The molecule has 1 aromatic heterocycles. The number of rotatable bonds is 5. The van der Waals surface area contributed by atoms with Crippen LogP contribution < -0.4 is 5.32 Å². The average Bonchev–Trinajstić information content (AvgIpc) is 2.77. The topological polar surface area (TPSA) is 40.7 Å². The molecule has 3 nitrogen and oxygen atoms in total. The molecule has 4 heteroatoms. The number of nitrogens with one attached hydrogen (secondary N) is 2. The van der Waals surface area contributed by atoms with Crippen molar-refractivity contribution in [2.24, 2.45) is 0 Å². The Hall–Kier alpha value is -1.42. The van der Waals surface area contributed by atoms with Gasteiger partial charge in [0.05, 0.1) is 0 Å². The number of aromatic nitrogens is 2. The van der Waals surface area contributed by atoms with Crippen LogP contribution in [0.25, 0.3) is 0 Å². The number of thioether (sulfide) groups is 1. The van der Waals surface area contributed by atoms with Gasteiger partial charge in [-0.05, 0) is 19.4 Å². The highest BCUT2D eigenvalue weighted by atomic mass is 32.2. The molecule has 2 aromatic rings. The van der Waals surface area contributed by atoms with Crippen molar-refractivity contribution in [1.82, 2.24) is 10.2 Å². The fourth-order valence-corrected chi connectivity index (χ4v) is 2.32. The number of aryl methyl sites for hydroxylation is 1. The Morgan fingerprint density at radius 3 is 2.76 bits per heavy atom. The molecule has 0 unspecified atom stereocenters. The van der Waals surface area contributed by atoms with E-state index >= 15 is 0 Å². The maximum Gasteiger partial charge on any atom is 0.122 e. The van der Waals surface area contributed by atoms with Crippen molar-refractivity contribution in [1.29, 1.82) is 0 Å². The molecule has 17 heavy (non-hydrogen) atoms. The lowest BCUT2D eigenvalue weighted by Gasteiger charge is -1.99. The molecule has 1 aromatic carbocycles. The molecule has 0 bridgehead atoms. The lowest BCUT2D eigenvalue weighted by atomic mass is 10.2. The summed E-state index contributed by atoms with van der Waals surface area (Å²) < 4.78 is 0. The molecular weight excluding hydrogens is 230 g/mol. The summed E-state index contributed by atoms with van der Waals surface area (Å²) in [5.41, 5.74) is 2.63. The summed E-state index contributed by atoms with van der Waals surface area (Å²) in [7, 11) is 0. The van der Waals surface area contributed by atoms with E-state index in [0.717, 1.165) is 23.1 Å².